The molecule has 0 saturated carbocycles. The van der Waals surface area contributed by atoms with E-state index in [4.69, 9.17) is 14.5 Å². The first-order valence-electron chi connectivity index (χ1n) is 14.1. The highest BCUT2D eigenvalue weighted by Crippen LogP contribution is 2.38. The van der Waals surface area contributed by atoms with Gasteiger partial charge in [-0.1, -0.05) is 12.1 Å². The number of fused-ring (bicyclic) bond motifs is 2. The van der Waals surface area contributed by atoms with Gasteiger partial charge in [0.2, 0.25) is 0 Å². The normalized spacial score (nSPS) is 18.0. The van der Waals surface area contributed by atoms with Crippen LogP contribution in [0.4, 0.5) is 5.69 Å². The zero-order valence-corrected chi connectivity index (χ0v) is 22.4. The quantitative estimate of drug-likeness (QED) is 0.232. The Balaban J connectivity index is 1.24. The molecule has 0 atom stereocenters. The third-order valence-corrected chi connectivity index (χ3v) is 8.66. The summed E-state index contributed by atoms with van der Waals surface area (Å²) in [5, 5.41) is 12.3. The van der Waals surface area contributed by atoms with Gasteiger partial charge < -0.3 is 19.8 Å². The molecule has 7 rings (SSSR count). The molecule has 39 heavy (non-hydrogen) atoms. The lowest BCUT2D eigenvalue weighted by atomic mass is 9.95. The van der Waals surface area contributed by atoms with Crippen molar-refractivity contribution in [3.63, 3.8) is 0 Å². The summed E-state index contributed by atoms with van der Waals surface area (Å²) in [6.07, 6.45) is 6.43. The number of quaternary nitrogens is 1. The molecule has 0 aliphatic carbocycles. The largest absolute Gasteiger partial charge is 0.493 e. The molecule has 200 valence electrons. The number of ether oxygens (including phenoxy) is 2. The van der Waals surface area contributed by atoms with Crippen molar-refractivity contribution in [3.05, 3.63) is 60.7 Å². The van der Waals surface area contributed by atoms with Crippen molar-refractivity contribution < 1.29 is 9.47 Å². The van der Waals surface area contributed by atoms with Gasteiger partial charge in [-0.3, -0.25) is 9.58 Å². The molecule has 2 fully saturated rings. The number of piperidine rings is 2. The predicted molar refractivity (Wildman–Crippen MR) is 156 cm³/mol. The second-order valence-corrected chi connectivity index (χ2v) is 10.8. The molecular weight excluding hydrogens is 488 g/mol. The van der Waals surface area contributed by atoms with Crippen LogP contribution in [0.15, 0.2) is 60.7 Å². The van der Waals surface area contributed by atoms with Gasteiger partial charge >= 0.3 is 0 Å². The monoisotopic (exact) mass is 523 g/mol. The number of likely N-dealkylation sites (tertiary alicyclic amines) is 1. The van der Waals surface area contributed by atoms with E-state index in [2.05, 4.69) is 38.7 Å². The van der Waals surface area contributed by atoms with Crippen molar-refractivity contribution in [1.29, 1.82) is 0 Å². The number of hydrogen-bond acceptors (Lipinski definition) is 5. The zero-order valence-electron chi connectivity index (χ0n) is 22.4. The Labute approximate surface area is 227 Å². The molecule has 5 aromatic rings. The fourth-order valence-electron chi connectivity index (χ4n) is 6.67. The molecule has 0 unspecified atom stereocenters. The summed E-state index contributed by atoms with van der Waals surface area (Å²) >= 11 is 0. The Bertz CT molecular complexity index is 1610. The summed E-state index contributed by atoms with van der Waals surface area (Å²) in [6, 6.07) is 21.1. The first kappa shape index (κ1) is 24.2. The summed E-state index contributed by atoms with van der Waals surface area (Å²) in [6.45, 7) is 4.71. The van der Waals surface area contributed by atoms with Gasteiger partial charge in [-0.15, -0.1) is 0 Å². The maximum Gasteiger partial charge on any atom is 0.169 e. The predicted octanol–water partition coefficient (Wildman–Crippen LogP) is 6.15. The van der Waals surface area contributed by atoms with E-state index in [9.17, 15) is 0 Å². The first-order valence-corrected chi connectivity index (χ1v) is 14.1. The van der Waals surface area contributed by atoms with Crippen LogP contribution in [-0.4, -0.2) is 59.5 Å². The van der Waals surface area contributed by atoms with Crippen molar-refractivity contribution in [2.75, 3.05) is 33.3 Å². The van der Waals surface area contributed by atoms with Crippen LogP contribution in [-0.2, 0) is 0 Å². The highest BCUT2D eigenvalue weighted by molar-refractivity contribution is 5.94. The topological polar surface area (TPSA) is 87.8 Å². The molecule has 0 radical (unpaired) electrons. The fraction of sp³-hybridized carbons (Fsp3) is 0.355. The number of imidazole rings is 1. The van der Waals surface area contributed by atoms with Crippen molar-refractivity contribution in [2.45, 2.75) is 38.1 Å². The molecule has 3 aromatic carbocycles. The molecule has 2 saturated heterocycles. The molecule has 2 aromatic heterocycles. The maximum atomic E-state index is 6.18. The van der Waals surface area contributed by atoms with Crippen LogP contribution in [0.5, 0.6) is 17.2 Å². The number of methoxy groups -OCH3 is 1. The molecule has 2 aliphatic rings. The van der Waals surface area contributed by atoms with Crippen LogP contribution < -0.4 is 19.3 Å². The van der Waals surface area contributed by atoms with Gasteiger partial charge in [-0.2, -0.15) is 5.10 Å². The number of aromatic amines is 2. The minimum absolute atomic E-state index is 0.671. The molecule has 0 amide bonds. The Morgan fingerprint density at radius 3 is 2.51 bits per heavy atom. The zero-order chi connectivity index (χ0) is 26.2. The molecule has 0 spiro atoms. The third-order valence-electron chi connectivity index (χ3n) is 8.66. The van der Waals surface area contributed by atoms with Gasteiger partial charge in [-0.05, 0) is 55.7 Å². The number of benzene rings is 3. The van der Waals surface area contributed by atoms with E-state index in [1.165, 1.54) is 50.9 Å². The standard InChI is InChI=1S/C31H35N6O2/c1-38-28-7-3-4-8-29(28)39-23-10-12-25-24(20-23)30(36-35-25)31-33-26-11-9-22(19-27(26)34-31)37(17-5-2-6-18-37)21-13-15-32-16-14-21/h3-4,7-12,19-21,32H,2,5-6,13-18H2,1H3,(H,33,34)(H,35,36)/q+1. The van der Waals surface area contributed by atoms with E-state index in [1.807, 2.05) is 42.5 Å². The Morgan fingerprint density at radius 2 is 1.69 bits per heavy atom. The maximum absolute atomic E-state index is 6.18. The molecule has 8 heteroatoms. The number of aromatic nitrogens is 4. The minimum atomic E-state index is 0.671. The van der Waals surface area contributed by atoms with E-state index in [1.54, 1.807) is 7.11 Å². The van der Waals surface area contributed by atoms with Gasteiger partial charge in [0.25, 0.3) is 0 Å². The second-order valence-electron chi connectivity index (χ2n) is 10.8. The summed E-state index contributed by atoms with van der Waals surface area (Å²) in [4.78, 5) is 8.55. The van der Waals surface area contributed by atoms with Gasteiger partial charge in [-0.25, -0.2) is 4.98 Å². The average Bonchev–Trinajstić information content (AvgIpc) is 3.61. The number of rotatable bonds is 6. The van der Waals surface area contributed by atoms with Gasteiger partial charge in [0, 0.05) is 43.5 Å². The van der Waals surface area contributed by atoms with E-state index in [0.717, 1.165) is 51.0 Å². The summed E-state index contributed by atoms with van der Waals surface area (Å²) < 4.78 is 12.7. The van der Waals surface area contributed by atoms with Crippen LogP contribution in [0.1, 0.15) is 32.1 Å². The number of hydrogen-bond donors (Lipinski definition) is 3. The minimum Gasteiger partial charge on any atom is -0.493 e. The van der Waals surface area contributed by atoms with E-state index in [0.29, 0.717) is 23.3 Å². The molecule has 8 nitrogen and oxygen atoms in total. The second kappa shape index (κ2) is 10.0. The van der Waals surface area contributed by atoms with Crippen molar-refractivity contribution in [2.24, 2.45) is 0 Å². The Morgan fingerprint density at radius 1 is 0.872 bits per heavy atom. The van der Waals surface area contributed by atoms with Crippen molar-refractivity contribution in [1.82, 2.24) is 30.0 Å². The number of H-pyrrole nitrogens is 2. The van der Waals surface area contributed by atoms with Crippen LogP contribution in [0, 0.1) is 0 Å². The highest BCUT2D eigenvalue weighted by atomic mass is 16.5. The van der Waals surface area contributed by atoms with E-state index >= 15 is 0 Å². The smallest absolute Gasteiger partial charge is 0.169 e. The number of para-hydroxylation sites is 2. The molecule has 2 aliphatic heterocycles. The van der Waals surface area contributed by atoms with Crippen LogP contribution >= 0.6 is 0 Å². The fourth-order valence-corrected chi connectivity index (χ4v) is 6.67. The van der Waals surface area contributed by atoms with Gasteiger partial charge in [0.05, 0.1) is 42.8 Å². The SMILES string of the molecule is COc1ccccc1Oc1ccc2[nH]nc(-c3nc4ccc([N+]5(C6CCNCC6)CCCCC5)cc4[nH]3)c2c1. The Kier molecular flexibility index (Phi) is 6.21. The van der Waals surface area contributed by atoms with Crippen LogP contribution in [0.3, 0.4) is 0 Å². The molecule has 3 N–H and O–H groups in total. The lowest BCUT2D eigenvalue weighted by molar-refractivity contribution is 0.139. The van der Waals surface area contributed by atoms with Gasteiger partial charge in [0.15, 0.2) is 17.3 Å². The van der Waals surface area contributed by atoms with E-state index < -0.39 is 0 Å². The first-order chi connectivity index (χ1) is 19.2. The molecular formula is C31H35N6O2+. The lowest BCUT2D eigenvalue weighted by Gasteiger charge is -2.48. The number of nitrogens with zero attached hydrogens (tertiary/aromatic N) is 3. The van der Waals surface area contributed by atoms with Crippen molar-refractivity contribution >= 4 is 27.6 Å². The van der Waals surface area contributed by atoms with E-state index in [-0.39, 0.29) is 0 Å². The summed E-state index contributed by atoms with van der Waals surface area (Å²) in [5.74, 6) is 2.84. The third kappa shape index (κ3) is 4.33. The lowest BCUT2D eigenvalue weighted by Crippen LogP contribution is -2.62. The molecule has 0 bridgehead atoms. The highest BCUT2D eigenvalue weighted by Gasteiger charge is 2.41. The van der Waals surface area contributed by atoms with Crippen LogP contribution in [0.25, 0.3) is 33.5 Å². The Hall–Kier alpha value is -3.88. The summed E-state index contributed by atoms with van der Waals surface area (Å²) in [5.41, 5.74) is 5.17. The summed E-state index contributed by atoms with van der Waals surface area (Å²) in [7, 11) is 1.65. The van der Waals surface area contributed by atoms with Gasteiger partial charge in [0.1, 0.15) is 17.1 Å². The molecule has 4 heterocycles. The van der Waals surface area contributed by atoms with Crippen molar-refractivity contribution in [3.8, 4) is 28.8 Å². The average molecular weight is 524 g/mol. The van der Waals surface area contributed by atoms with Crippen LogP contribution in [0.2, 0.25) is 0 Å². The number of nitrogens with one attached hydrogen (secondary N) is 3.